The summed E-state index contributed by atoms with van der Waals surface area (Å²) in [6, 6.07) is 15.0. The van der Waals surface area contributed by atoms with E-state index in [1.54, 1.807) is 61.5 Å². The summed E-state index contributed by atoms with van der Waals surface area (Å²) in [5.41, 5.74) is 8.19. The fourth-order valence-electron chi connectivity index (χ4n) is 2.42. The van der Waals surface area contributed by atoms with Gasteiger partial charge in [-0.3, -0.25) is 9.59 Å². The summed E-state index contributed by atoms with van der Waals surface area (Å²) in [6.07, 6.45) is 1.47. The summed E-state index contributed by atoms with van der Waals surface area (Å²) in [4.78, 5) is 29.0. The zero-order valence-electron chi connectivity index (χ0n) is 14.5. The number of hydrogen-bond acceptors (Lipinski definition) is 4. The number of nitrogen functional groups attached to an aromatic ring is 1. The van der Waals surface area contributed by atoms with E-state index in [0.29, 0.717) is 33.3 Å². The largest absolute Gasteiger partial charge is 0.384 e. The maximum absolute atomic E-state index is 12.6. The molecule has 0 unspecified atom stereocenters. The summed E-state index contributed by atoms with van der Waals surface area (Å²) >= 11 is 5.84. The van der Waals surface area contributed by atoms with Gasteiger partial charge < -0.3 is 16.4 Å². The minimum atomic E-state index is -0.333. The number of aromatic nitrogens is 1. The number of nitrogens with zero attached hydrogens (tertiary/aromatic N) is 1. The molecule has 0 aliphatic heterocycles. The monoisotopic (exact) mass is 380 g/mol. The predicted octanol–water partition coefficient (Wildman–Crippen LogP) is 4.13. The Balaban J connectivity index is 1.78. The fraction of sp³-hybridized carbons (Fsp3) is 0.0500. The molecule has 0 bridgehead atoms. The molecular weight excluding hydrogens is 364 g/mol. The summed E-state index contributed by atoms with van der Waals surface area (Å²) < 4.78 is 0. The van der Waals surface area contributed by atoms with Crippen molar-refractivity contribution in [2.75, 3.05) is 16.4 Å². The Hall–Kier alpha value is -3.38. The van der Waals surface area contributed by atoms with Gasteiger partial charge in [-0.2, -0.15) is 0 Å². The quantitative estimate of drug-likeness (QED) is 0.633. The molecule has 0 atom stereocenters. The first-order valence-corrected chi connectivity index (χ1v) is 8.50. The van der Waals surface area contributed by atoms with Gasteiger partial charge in [-0.15, -0.1) is 0 Å². The van der Waals surface area contributed by atoms with Crippen molar-refractivity contribution in [3.63, 3.8) is 0 Å². The van der Waals surface area contributed by atoms with E-state index in [9.17, 15) is 9.59 Å². The van der Waals surface area contributed by atoms with E-state index >= 15 is 0 Å². The molecule has 3 rings (SSSR count). The maximum atomic E-state index is 12.6. The number of aryl methyl sites for hydroxylation is 1. The Bertz CT molecular complexity index is 986. The Labute approximate surface area is 161 Å². The van der Waals surface area contributed by atoms with Crippen LogP contribution >= 0.6 is 11.6 Å². The van der Waals surface area contributed by atoms with Crippen LogP contribution in [0.3, 0.4) is 0 Å². The van der Waals surface area contributed by atoms with Crippen LogP contribution in [-0.2, 0) is 0 Å². The van der Waals surface area contributed by atoms with Gasteiger partial charge in [0.2, 0.25) is 0 Å². The highest BCUT2D eigenvalue weighted by Crippen LogP contribution is 2.18. The van der Waals surface area contributed by atoms with E-state index in [1.165, 1.54) is 6.20 Å². The summed E-state index contributed by atoms with van der Waals surface area (Å²) in [5, 5.41) is 6.10. The molecule has 2 amide bonds. The van der Waals surface area contributed by atoms with Gasteiger partial charge in [-0.25, -0.2) is 4.98 Å². The van der Waals surface area contributed by atoms with E-state index in [4.69, 9.17) is 17.3 Å². The van der Waals surface area contributed by atoms with Crippen LogP contribution in [-0.4, -0.2) is 16.8 Å². The lowest BCUT2D eigenvalue weighted by Crippen LogP contribution is -2.17. The molecule has 2 aromatic carbocycles. The van der Waals surface area contributed by atoms with Crippen LogP contribution in [0.25, 0.3) is 0 Å². The lowest BCUT2D eigenvalue weighted by molar-refractivity contribution is 0.102. The van der Waals surface area contributed by atoms with Gasteiger partial charge in [0.05, 0.1) is 11.9 Å². The molecule has 0 aliphatic carbocycles. The van der Waals surface area contributed by atoms with Crippen molar-refractivity contribution >= 4 is 40.6 Å². The number of benzene rings is 2. The van der Waals surface area contributed by atoms with Crippen LogP contribution in [0.15, 0.2) is 60.8 Å². The second kappa shape index (κ2) is 7.88. The van der Waals surface area contributed by atoms with E-state index < -0.39 is 0 Å². The number of nitrogens with two attached hydrogens (primary N) is 1. The topological polar surface area (TPSA) is 97.1 Å². The smallest absolute Gasteiger partial charge is 0.255 e. The molecule has 0 radical (unpaired) electrons. The van der Waals surface area contributed by atoms with Crippen LogP contribution < -0.4 is 16.4 Å². The average Bonchev–Trinajstić information content (AvgIpc) is 2.65. The van der Waals surface area contributed by atoms with Crippen molar-refractivity contribution in [3.05, 3.63) is 82.5 Å². The predicted molar refractivity (Wildman–Crippen MR) is 107 cm³/mol. The zero-order chi connectivity index (χ0) is 19.4. The zero-order valence-corrected chi connectivity index (χ0v) is 15.2. The standard InChI is InChI=1S/C20H17ClN4O2/c1-12-2-3-13(19(26)24-15-6-4-14(21)5-7-15)10-17(12)20(27)25-16-8-9-18(22)23-11-16/h2-11H,1H3,(H2,22,23)(H,24,26)(H,25,27). The second-order valence-corrected chi connectivity index (χ2v) is 6.35. The van der Waals surface area contributed by atoms with Gasteiger partial charge in [0, 0.05) is 21.8 Å². The minimum absolute atomic E-state index is 0.319. The van der Waals surface area contributed by atoms with E-state index in [1.807, 2.05) is 0 Å². The Morgan fingerprint density at radius 1 is 0.926 bits per heavy atom. The third-order valence-corrected chi connectivity index (χ3v) is 4.14. The van der Waals surface area contributed by atoms with Crippen LogP contribution in [0.1, 0.15) is 26.3 Å². The van der Waals surface area contributed by atoms with Crippen molar-refractivity contribution in [2.24, 2.45) is 0 Å². The van der Waals surface area contributed by atoms with Gasteiger partial charge in [-0.1, -0.05) is 17.7 Å². The molecule has 0 aliphatic rings. The van der Waals surface area contributed by atoms with Crippen molar-refractivity contribution in [2.45, 2.75) is 6.92 Å². The number of carbonyl (C=O) groups excluding carboxylic acids is 2. The maximum Gasteiger partial charge on any atom is 0.255 e. The molecule has 136 valence electrons. The molecule has 0 saturated heterocycles. The number of halogens is 1. The summed E-state index contributed by atoms with van der Waals surface area (Å²) in [5.74, 6) is -0.286. The molecule has 1 aromatic heterocycles. The Kier molecular flexibility index (Phi) is 5.38. The number of rotatable bonds is 4. The van der Waals surface area contributed by atoms with Crippen LogP contribution in [0, 0.1) is 6.92 Å². The molecule has 0 saturated carbocycles. The van der Waals surface area contributed by atoms with Crippen molar-refractivity contribution < 1.29 is 9.59 Å². The molecule has 0 spiro atoms. The first kappa shape index (κ1) is 18.4. The molecule has 0 fully saturated rings. The summed E-state index contributed by atoms with van der Waals surface area (Å²) in [6.45, 7) is 1.80. The highest BCUT2D eigenvalue weighted by atomic mass is 35.5. The number of anilines is 3. The minimum Gasteiger partial charge on any atom is -0.384 e. The lowest BCUT2D eigenvalue weighted by atomic mass is 10.0. The molecule has 7 heteroatoms. The second-order valence-electron chi connectivity index (χ2n) is 5.92. The van der Waals surface area contributed by atoms with E-state index in [-0.39, 0.29) is 11.8 Å². The number of amides is 2. The Morgan fingerprint density at radius 2 is 1.59 bits per heavy atom. The van der Waals surface area contributed by atoms with Crippen molar-refractivity contribution in [1.82, 2.24) is 4.98 Å². The van der Waals surface area contributed by atoms with Gasteiger partial charge in [-0.05, 0) is 61.0 Å². The van der Waals surface area contributed by atoms with Crippen LogP contribution in [0.4, 0.5) is 17.2 Å². The van der Waals surface area contributed by atoms with Gasteiger partial charge >= 0.3 is 0 Å². The molecule has 6 nitrogen and oxygen atoms in total. The number of carbonyl (C=O) groups is 2. The molecule has 1 heterocycles. The molecule has 3 aromatic rings. The number of nitrogens with one attached hydrogen (secondary N) is 2. The van der Waals surface area contributed by atoms with Crippen molar-refractivity contribution in [3.8, 4) is 0 Å². The van der Waals surface area contributed by atoms with Gasteiger partial charge in [0.15, 0.2) is 0 Å². The molecular formula is C20H17ClN4O2. The normalized spacial score (nSPS) is 10.3. The SMILES string of the molecule is Cc1ccc(C(=O)Nc2ccc(Cl)cc2)cc1C(=O)Nc1ccc(N)nc1. The van der Waals surface area contributed by atoms with E-state index in [0.717, 1.165) is 5.56 Å². The molecule has 27 heavy (non-hydrogen) atoms. The first-order valence-electron chi connectivity index (χ1n) is 8.13. The van der Waals surface area contributed by atoms with Crippen LogP contribution in [0.2, 0.25) is 5.02 Å². The van der Waals surface area contributed by atoms with E-state index in [2.05, 4.69) is 15.6 Å². The highest BCUT2D eigenvalue weighted by molar-refractivity contribution is 6.30. The summed E-state index contributed by atoms with van der Waals surface area (Å²) in [7, 11) is 0. The van der Waals surface area contributed by atoms with Gasteiger partial charge in [0.1, 0.15) is 5.82 Å². The lowest BCUT2D eigenvalue weighted by Gasteiger charge is -2.10. The average molecular weight is 381 g/mol. The number of pyridine rings is 1. The van der Waals surface area contributed by atoms with Crippen molar-refractivity contribution in [1.29, 1.82) is 0 Å². The molecule has 4 N–H and O–H groups in total. The number of hydrogen-bond donors (Lipinski definition) is 3. The third-order valence-electron chi connectivity index (χ3n) is 3.89. The Morgan fingerprint density at radius 3 is 2.26 bits per heavy atom. The van der Waals surface area contributed by atoms with Gasteiger partial charge in [0.25, 0.3) is 11.8 Å². The first-order chi connectivity index (χ1) is 12.9. The highest BCUT2D eigenvalue weighted by Gasteiger charge is 2.14. The fourth-order valence-corrected chi connectivity index (χ4v) is 2.55. The van der Waals surface area contributed by atoms with Crippen LogP contribution in [0.5, 0.6) is 0 Å². The third kappa shape index (κ3) is 4.62.